The van der Waals surface area contributed by atoms with Gasteiger partial charge in [0.15, 0.2) is 5.96 Å². The van der Waals surface area contributed by atoms with E-state index in [1.54, 1.807) is 48.5 Å². The smallest absolute Gasteiger partial charge is 0.326 e. The van der Waals surface area contributed by atoms with Gasteiger partial charge in [-0.25, -0.2) is 4.79 Å². The highest BCUT2D eigenvalue weighted by molar-refractivity contribution is 5.94. The average Bonchev–Trinajstić information content (AvgIpc) is 3.03. The second-order valence-electron chi connectivity index (χ2n) is 10.6. The molecule has 4 unspecified atom stereocenters. The lowest BCUT2D eigenvalue weighted by Gasteiger charge is -2.25. The number of carboxylic acid groups (broad SMARTS) is 1. The largest absolute Gasteiger partial charge is 0.480 e. The Hall–Kier alpha value is -5.23. The molecule has 238 valence electrons. The van der Waals surface area contributed by atoms with E-state index in [1.807, 2.05) is 42.5 Å². The van der Waals surface area contributed by atoms with E-state index in [9.17, 15) is 24.3 Å². The molecule has 0 aliphatic rings. The van der Waals surface area contributed by atoms with Crippen LogP contribution in [-0.2, 0) is 38.4 Å². The molecule has 4 atom stereocenters. The predicted octanol–water partition coefficient (Wildman–Crippen LogP) is 0.634. The van der Waals surface area contributed by atoms with Gasteiger partial charge in [0.05, 0.1) is 6.04 Å². The minimum Gasteiger partial charge on any atom is -0.480 e. The van der Waals surface area contributed by atoms with Crippen molar-refractivity contribution in [2.75, 3.05) is 6.54 Å². The molecule has 3 amide bonds. The quantitative estimate of drug-likeness (QED) is 0.0648. The highest BCUT2D eigenvalue weighted by Crippen LogP contribution is 2.09. The molecule has 0 heterocycles. The number of guanidine groups is 1. The zero-order chi connectivity index (χ0) is 32.6. The van der Waals surface area contributed by atoms with Crippen LogP contribution in [0, 0.1) is 0 Å². The van der Waals surface area contributed by atoms with E-state index >= 15 is 0 Å². The molecule has 0 aliphatic heterocycles. The lowest BCUT2D eigenvalue weighted by atomic mass is 10.0. The van der Waals surface area contributed by atoms with Gasteiger partial charge in [-0.3, -0.25) is 19.4 Å². The van der Waals surface area contributed by atoms with Crippen molar-refractivity contribution in [2.24, 2.45) is 22.2 Å². The van der Waals surface area contributed by atoms with Crippen LogP contribution in [-0.4, -0.2) is 65.5 Å². The van der Waals surface area contributed by atoms with Crippen LogP contribution in [0.2, 0.25) is 0 Å². The minimum atomic E-state index is -1.23. The van der Waals surface area contributed by atoms with Gasteiger partial charge >= 0.3 is 5.97 Å². The number of rotatable bonds is 17. The maximum atomic E-state index is 13.7. The van der Waals surface area contributed by atoms with Crippen LogP contribution in [0.3, 0.4) is 0 Å². The highest BCUT2D eigenvalue weighted by atomic mass is 16.4. The fraction of sp³-hybridized carbons (Fsp3) is 0.303. The molecule has 10 N–H and O–H groups in total. The summed E-state index contributed by atoms with van der Waals surface area (Å²) in [7, 11) is 0. The third-order valence-electron chi connectivity index (χ3n) is 7.03. The van der Waals surface area contributed by atoms with Crippen molar-refractivity contribution in [1.29, 1.82) is 0 Å². The van der Waals surface area contributed by atoms with Gasteiger partial charge < -0.3 is 38.3 Å². The number of carbonyl (C=O) groups excluding carboxylic acids is 3. The van der Waals surface area contributed by atoms with E-state index in [0.29, 0.717) is 13.0 Å². The van der Waals surface area contributed by atoms with Crippen LogP contribution < -0.4 is 33.2 Å². The minimum absolute atomic E-state index is 0.0572. The highest BCUT2D eigenvalue weighted by Gasteiger charge is 2.31. The van der Waals surface area contributed by atoms with E-state index in [2.05, 4.69) is 20.9 Å². The first kappa shape index (κ1) is 34.3. The van der Waals surface area contributed by atoms with Crippen molar-refractivity contribution < 1.29 is 24.3 Å². The predicted molar refractivity (Wildman–Crippen MR) is 172 cm³/mol. The molecular weight excluding hydrogens is 574 g/mol. The Bertz CT molecular complexity index is 1420. The lowest BCUT2D eigenvalue weighted by molar-refractivity contribution is -0.142. The molecule has 3 aromatic rings. The fourth-order valence-corrected chi connectivity index (χ4v) is 4.64. The molecule has 0 saturated heterocycles. The second kappa shape index (κ2) is 17.8. The van der Waals surface area contributed by atoms with Crippen LogP contribution in [0.4, 0.5) is 0 Å². The van der Waals surface area contributed by atoms with Crippen LogP contribution in [0.5, 0.6) is 0 Å². The standard InChI is InChI=1S/C33H41N7O5/c34-25(17-10-18-37-33(35)36)29(41)38-26(19-22-11-4-1-5-12-22)30(42)39-27(20-23-13-6-2-7-14-23)31(43)40-28(32(44)45)21-24-15-8-3-9-16-24/h1-9,11-16,25-28H,10,17-21,34H2,(H,38,41)(H,39,42)(H,40,43)(H,44,45)(H4,35,36,37). The molecule has 0 saturated carbocycles. The molecule has 0 spiro atoms. The summed E-state index contributed by atoms with van der Waals surface area (Å²) >= 11 is 0. The summed E-state index contributed by atoms with van der Waals surface area (Å²) in [6.45, 7) is 0.301. The number of carbonyl (C=O) groups is 4. The first-order valence-electron chi connectivity index (χ1n) is 14.7. The number of nitrogens with one attached hydrogen (secondary N) is 3. The lowest BCUT2D eigenvalue weighted by Crippen LogP contribution is -2.58. The summed E-state index contributed by atoms with van der Waals surface area (Å²) in [6.07, 6.45) is 1.01. The number of aliphatic carboxylic acids is 1. The van der Waals surface area contributed by atoms with Gasteiger partial charge in [-0.2, -0.15) is 0 Å². The first-order chi connectivity index (χ1) is 21.6. The number of benzene rings is 3. The molecule has 0 radical (unpaired) electrons. The Morgan fingerprint density at radius 3 is 1.40 bits per heavy atom. The number of carboxylic acids is 1. The second-order valence-corrected chi connectivity index (χ2v) is 10.6. The molecule has 0 aromatic heterocycles. The number of amides is 3. The Kier molecular flexibility index (Phi) is 13.5. The number of aliphatic imine (C=N–C) groups is 1. The first-order valence-corrected chi connectivity index (χ1v) is 14.7. The van der Waals surface area contributed by atoms with Crippen LogP contribution in [0.25, 0.3) is 0 Å². The Morgan fingerprint density at radius 2 is 1.00 bits per heavy atom. The molecule has 3 rings (SSSR count). The van der Waals surface area contributed by atoms with E-state index < -0.39 is 47.9 Å². The summed E-state index contributed by atoms with van der Waals surface area (Å²) < 4.78 is 0. The van der Waals surface area contributed by atoms with Crippen LogP contribution >= 0.6 is 0 Å². The van der Waals surface area contributed by atoms with Gasteiger partial charge in [0, 0.05) is 25.8 Å². The Morgan fingerprint density at radius 1 is 0.622 bits per heavy atom. The summed E-state index contributed by atoms with van der Waals surface area (Å²) in [5.41, 5.74) is 19.0. The number of hydrogen-bond donors (Lipinski definition) is 7. The summed E-state index contributed by atoms with van der Waals surface area (Å²) in [5, 5.41) is 17.9. The molecule has 0 fully saturated rings. The maximum Gasteiger partial charge on any atom is 0.326 e. The van der Waals surface area contributed by atoms with Gasteiger partial charge in [0.25, 0.3) is 0 Å². The van der Waals surface area contributed by atoms with Crippen LogP contribution in [0.1, 0.15) is 29.5 Å². The summed E-state index contributed by atoms with van der Waals surface area (Å²) in [4.78, 5) is 56.3. The van der Waals surface area contributed by atoms with Gasteiger partial charge in [-0.1, -0.05) is 91.0 Å². The fourth-order valence-electron chi connectivity index (χ4n) is 4.64. The molecule has 0 bridgehead atoms. The topological polar surface area (TPSA) is 215 Å². The zero-order valence-corrected chi connectivity index (χ0v) is 25.0. The number of nitrogens with zero attached hydrogens (tertiary/aromatic N) is 1. The monoisotopic (exact) mass is 615 g/mol. The van der Waals surface area contributed by atoms with Crippen LogP contribution in [0.15, 0.2) is 96.0 Å². The molecule has 12 nitrogen and oxygen atoms in total. The third kappa shape index (κ3) is 12.1. The average molecular weight is 616 g/mol. The van der Waals surface area contributed by atoms with Crippen molar-refractivity contribution in [1.82, 2.24) is 16.0 Å². The van der Waals surface area contributed by atoms with Crippen molar-refractivity contribution in [2.45, 2.75) is 56.3 Å². The van der Waals surface area contributed by atoms with Gasteiger partial charge in [0.1, 0.15) is 18.1 Å². The summed E-state index contributed by atoms with van der Waals surface area (Å²) in [5.74, 6) is -3.10. The van der Waals surface area contributed by atoms with E-state index in [-0.39, 0.29) is 31.6 Å². The zero-order valence-electron chi connectivity index (χ0n) is 25.0. The SMILES string of the molecule is NC(N)=NCCCC(N)C(=O)NC(Cc1ccccc1)C(=O)NC(Cc1ccccc1)C(=O)NC(Cc1ccccc1)C(=O)O. The molecule has 0 aliphatic carbocycles. The molecular formula is C33H41N7O5. The number of hydrogen-bond acceptors (Lipinski definition) is 6. The molecule has 12 heteroatoms. The normalized spacial score (nSPS) is 13.4. The van der Waals surface area contributed by atoms with Crippen molar-refractivity contribution in [3.63, 3.8) is 0 Å². The summed E-state index contributed by atoms with van der Waals surface area (Å²) in [6, 6.07) is 22.7. The van der Waals surface area contributed by atoms with Crippen molar-refractivity contribution >= 4 is 29.7 Å². The molecule has 3 aromatic carbocycles. The van der Waals surface area contributed by atoms with Crippen molar-refractivity contribution in [3.05, 3.63) is 108 Å². The maximum absolute atomic E-state index is 13.7. The van der Waals surface area contributed by atoms with E-state index in [0.717, 1.165) is 16.7 Å². The van der Waals surface area contributed by atoms with Gasteiger partial charge in [-0.15, -0.1) is 0 Å². The molecule has 45 heavy (non-hydrogen) atoms. The van der Waals surface area contributed by atoms with Gasteiger partial charge in [0.2, 0.25) is 17.7 Å². The Labute approximate surface area is 262 Å². The van der Waals surface area contributed by atoms with Crippen molar-refractivity contribution in [3.8, 4) is 0 Å². The Balaban J connectivity index is 1.79. The van der Waals surface area contributed by atoms with Gasteiger partial charge in [-0.05, 0) is 29.5 Å². The van der Waals surface area contributed by atoms with E-state index in [4.69, 9.17) is 17.2 Å². The number of nitrogens with two attached hydrogens (primary N) is 3. The van der Waals surface area contributed by atoms with E-state index in [1.165, 1.54) is 0 Å². The third-order valence-corrected chi connectivity index (χ3v) is 7.03.